The molecule has 1 aromatic rings. The van der Waals surface area contributed by atoms with E-state index in [1.165, 1.54) is 0 Å². The molecule has 1 rings (SSSR count). The number of ketones is 1. The van der Waals surface area contributed by atoms with Crippen molar-refractivity contribution in [3.8, 4) is 0 Å². The minimum absolute atomic E-state index is 0.211. The SMILES string of the molecule is CC(=O)NC(Cc1ccccc1)C(=O)C(F)(F)C(=O)NCCC(=O)O. The Bertz CT molecular complexity index is 649. The summed E-state index contributed by atoms with van der Waals surface area (Å²) in [6.45, 7) is 0.525. The van der Waals surface area contributed by atoms with Gasteiger partial charge in [-0.25, -0.2) is 0 Å². The summed E-state index contributed by atoms with van der Waals surface area (Å²) in [6, 6.07) is 6.56. The Morgan fingerprint density at radius 3 is 2.28 bits per heavy atom. The van der Waals surface area contributed by atoms with Crippen molar-refractivity contribution in [2.24, 2.45) is 0 Å². The maximum atomic E-state index is 14.1. The molecular weight excluding hydrogens is 338 g/mol. The summed E-state index contributed by atoms with van der Waals surface area (Å²) >= 11 is 0. The van der Waals surface area contributed by atoms with E-state index in [9.17, 15) is 28.0 Å². The van der Waals surface area contributed by atoms with Crippen LogP contribution in [0.5, 0.6) is 0 Å². The van der Waals surface area contributed by atoms with Gasteiger partial charge in [0.2, 0.25) is 11.7 Å². The lowest BCUT2D eigenvalue weighted by Crippen LogP contribution is -2.55. The average molecular weight is 356 g/mol. The monoisotopic (exact) mass is 356 g/mol. The summed E-state index contributed by atoms with van der Waals surface area (Å²) in [5, 5.41) is 12.3. The third-order valence-corrected chi connectivity index (χ3v) is 3.20. The van der Waals surface area contributed by atoms with Gasteiger partial charge in [-0.1, -0.05) is 30.3 Å². The first-order valence-electron chi connectivity index (χ1n) is 7.38. The van der Waals surface area contributed by atoms with Crippen molar-refractivity contribution in [1.29, 1.82) is 0 Å². The first-order valence-corrected chi connectivity index (χ1v) is 7.38. The number of carbonyl (C=O) groups is 4. The Kier molecular flexibility index (Phi) is 7.16. The smallest absolute Gasteiger partial charge is 0.383 e. The number of hydrogen-bond donors (Lipinski definition) is 3. The Balaban J connectivity index is 2.88. The molecule has 0 fully saturated rings. The third-order valence-electron chi connectivity index (χ3n) is 3.20. The number of carboxylic acids is 1. The minimum atomic E-state index is -4.40. The van der Waals surface area contributed by atoms with E-state index in [2.05, 4.69) is 5.32 Å². The third kappa shape index (κ3) is 6.28. The van der Waals surface area contributed by atoms with E-state index in [-0.39, 0.29) is 6.42 Å². The lowest BCUT2D eigenvalue weighted by molar-refractivity contribution is -0.160. The predicted molar refractivity (Wildman–Crippen MR) is 83.0 cm³/mol. The molecule has 0 saturated carbocycles. The van der Waals surface area contributed by atoms with Gasteiger partial charge < -0.3 is 15.7 Å². The van der Waals surface area contributed by atoms with Gasteiger partial charge in [0.15, 0.2) is 0 Å². The second kappa shape index (κ2) is 8.86. The van der Waals surface area contributed by atoms with E-state index in [0.29, 0.717) is 5.56 Å². The Labute approximate surface area is 142 Å². The van der Waals surface area contributed by atoms with Crippen LogP contribution < -0.4 is 10.6 Å². The topological polar surface area (TPSA) is 113 Å². The zero-order valence-corrected chi connectivity index (χ0v) is 13.4. The Morgan fingerprint density at radius 2 is 1.76 bits per heavy atom. The molecular formula is C16H18F2N2O5. The Hall–Kier alpha value is -2.84. The van der Waals surface area contributed by atoms with Gasteiger partial charge in [0, 0.05) is 19.9 Å². The number of rotatable bonds is 9. The van der Waals surface area contributed by atoms with Gasteiger partial charge in [-0.15, -0.1) is 0 Å². The first-order chi connectivity index (χ1) is 11.6. The van der Waals surface area contributed by atoms with Crippen LogP contribution in [0.2, 0.25) is 0 Å². The largest absolute Gasteiger partial charge is 0.481 e. The number of benzene rings is 1. The van der Waals surface area contributed by atoms with E-state index < -0.39 is 48.5 Å². The van der Waals surface area contributed by atoms with Crippen molar-refractivity contribution in [2.45, 2.75) is 31.7 Å². The van der Waals surface area contributed by atoms with Crippen LogP contribution in [0.25, 0.3) is 0 Å². The fourth-order valence-electron chi connectivity index (χ4n) is 2.03. The molecule has 1 unspecified atom stereocenters. The average Bonchev–Trinajstić information content (AvgIpc) is 2.53. The fraction of sp³-hybridized carbons (Fsp3) is 0.375. The fourth-order valence-corrected chi connectivity index (χ4v) is 2.03. The molecule has 25 heavy (non-hydrogen) atoms. The van der Waals surface area contributed by atoms with Gasteiger partial charge in [-0.2, -0.15) is 8.78 Å². The van der Waals surface area contributed by atoms with E-state index in [1.54, 1.807) is 35.6 Å². The molecule has 0 bridgehead atoms. The number of aliphatic carboxylic acids is 1. The molecule has 0 aliphatic rings. The highest BCUT2D eigenvalue weighted by atomic mass is 19.3. The zero-order valence-electron chi connectivity index (χ0n) is 13.4. The number of alkyl halides is 2. The molecule has 1 aromatic carbocycles. The van der Waals surface area contributed by atoms with Crippen molar-refractivity contribution in [3.63, 3.8) is 0 Å². The molecule has 0 saturated heterocycles. The molecule has 0 aliphatic heterocycles. The van der Waals surface area contributed by atoms with Gasteiger partial charge in [0.1, 0.15) is 0 Å². The van der Waals surface area contributed by atoms with Crippen LogP contribution in [0.4, 0.5) is 8.78 Å². The second-order valence-corrected chi connectivity index (χ2v) is 5.28. The minimum Gasteiger partial charge on any atom is -0.481 e. The molecule has 0 aliphatic carbocycles. The summed E-state index contributed by atoms with van der Waals surface area (Å²) in [4.78, 5) is 45.2. The number of nitrogens with one attached hydrogen (secondary N) is 2. The van der Waals surface area contributed by atoms with E-state index >= 15 is 0 Å². The highest BCUT2D eigenvalue weighted by molar-refractivity contribution is 6.10. The molecule has 9 heteroatoms. The van der Waals surface area contributed by atoms with Crippen molar-refractivity contribution >= 4 is 23.6 Å². The molecule has 7 nitrogen and oxygen atoms in total. The molecule has 0 aromatic heterocycles. The lowest BCUT2D eigenvalue weighted by atomic mass is 9.98. The molecule has 136 valence electrons. The predicted octanol–water partition coefficient (Wildman–Crippen LogP) is 0.529. The van der Waals surface area contributed by atoms with Gasteiger partial charge in [0.25, 0.3) is 5.91 Å². The standard InChI is InChI=1S/C16H18F2N2O5/c1-10(21)20-12(9-11-5-3-2-4-6-11)14(24)16(17,18)15(25)19-8-7-13(22)23/h2-6,12H,7-9H2,1H3,(H,19,25)(H,20,21)(H,22,23). The number of hydrogen-bond acceptors (Lipinski definition) is 4. The quantitative estimate of drug-likeness (QED) is 0.559. The summed E-state index contributed by atoms with van der Waals surface area (Å²) in [6.07, 6.45) is -0.771. The van der Waals surface area contributed by atoms with Gasteiger partial charge >= 0.3 is 11.9 Å². The van der Waals surface area contributed by atoms with Gasteiger partial charge in [0.05, 0.1) is 12.5 Å². The van der Waals surface area contributed by atoms with Crippen LogP contribution in [-0.2, 0) is 25.6 Å². The molecule has 0 spiro atoms. The van der Waals surface area contributed by atoms with Gasteiger partial charge in [-0.05, 0) is 5.56 Å². The number of amides is 2. The van der Waals surface area contributed by atoms with Crippen LogP contribution in [0.3, 0.4) is 0 Å². The van der Waals surface area contributed by atoms with Crippen LogP contribution in [-0.4, -0.2) is 47.2 Å². The number of halogens is 2. The van der Waals surface area contributed by atoms with E-state index in [1.807, 2.05) is 0 Å². The lowest BCUT2D eigenvalue weighted by Gasteiger charge is -2.22. The van der Waals surface area contributed by atoms with Crippen molar-refractivity contribution in [2.75, 3.05) is 6.54 Å². The molecule has 2 amide bonds. The molecule has 0 heterocycles. The zero-order chi connectivity index (χ0) is 19.0. The molecule has 3 N–H and O–H groups in total. The summed E-state index contributed by atoms with van der Waals surface area (Å²) in [7, 11) is 0. The summed E-state index contributed by atoms with van der Waals surface area (Å²) in [5.74, 6) is -10.0. The maximum Gasteiger partial charge on any atom is 0.383 e. The van der Waals surface area contributed by atoms with Crippen molar-refractivity contribution in [1.82, 2.24) is 10.6 Å². The van der Waals surface area contributed by atoms with Crippen LogP contribution >= 0.6 is 0 Å². The highest BCUT2D eigenvalue weighted by Gasteiger charge is 2.50. The van der Waals surface area contributed by atoms with E-state index in [4.69, 9.17) is 5.11 Å². The van der Waals surface area contributed by atoms with Crippen LogP contribution in [0.15, 0.2) is 30.3 Å². The highest BCUT2D eigenvalue weighted by Crippen LogP contribution is 2.19. The van der Waals surface area contributed by atoms with Crippen LogP contribution in [0, 0.1) is 0 Å². The second-order valence-electron chi connectivity index (χ2n) is 5.28. The number of Topliss-reactive ketones (excluding diaryl/α,β-unsaturated/α-hetero) is 1. The van der Waals surface area contributed by atoms with Crippen LogP contribution in [0.1, 0.15) is 18.9 Å². The number of carbonyl (C=O) groups excluding carboxylic acids is 3. The Morgan fingerprint density at radius 1 is 1.16 bits per heavy atom. The van der Waals surface area contributed by atoms with Crippen molar-refractivity contribution in [3.05, 3.63) is 35.9 Å². The molecule has 0 radical (unpaired) electrons. The number of carboxylic acid groups (broad SMARTS) is 1. The maximum absolute atomic E-state index is 14.1. The molecule has 1 atom stereocenters. The summed E-state index contributed by atoms with van der Waals surface area (Å²) < 4.78 is 28.2. The van der Waals surface area contributed by atoms with Gasteiger partial charge in [-0.3, -0.25) is 19.2 Å². The normalized spacial score (nSPS) is 12.1. The first kappa shape index (κ1) is 20.2. The summed E-state index contributed by atoms with van der Waals surface area (Å²) in [5.41, 5.74) is 0.525. The van der Waals surface area contributed by atoms with E-state index in [0.717, 1.165) is 6.92 Å². The van der Waals surface area contributed by atoms with Crippen molar-refractivity contribution < 1.29 is 33.1 Å².